The molecule has 0 amide bonds. The first-order valence-corrected chi connectivity index (χ1v) is 9.69. The Morgan fingerprint density at radius 2 is 1.50 bits per heavy atom. The fourth-order valence-electron chi connectivity index (χ4n) is 2.96. The maximum Gasteiger partial charge on any atom is 0.235 e. The van der Waals surface area contributed by atoms with E-state index in [0.29, 0.717) is 0 Å². The molecule has 132 valence electrons. The van der Waals surface area contributed by atoms with Crippen molar-refractivity contribution in [2.75, 3.05) is 13.1 Å². The number of aromatic nitrogens is 4. The maximum absolute atomic E-state index is 4.75. The van der Waals surface area contributed by atoms with E-state index in [1.54, 1.807) is 11.3 Å². The molecule has 26 heavy (non-hydrogen) atoms. The van der Waals surface area contributed by atoms with E-state index < -0.39 is 0 Å². The van der Waals surface area contributed by atoms with Gasteiger partial charge in [0.15, 0.2) is 5.82 Å². The highest BCUT2D eigenvalue weighted by Crippen LogP contribution is 2.28. The zero-order valence-electron chi connectivity index (χ0n) is 15.0. The molecule has 6 heteroatoms. The minimum Gasteiger partial charge on any atom is -0.296 e. The Kier molecular flexibility index (Phi) is 4.77. The van der Waals surface area contributed by atoms with Crippen LogP contribution in [0.4, 0.5) is 0 Å². The fraction of sp³-hybridized carbons (Fsp3) is 0.250. The molecule has 0 spiro atoms. The highest BCUT2D eigenvalue weighted by atomic mass is 32.1. The van der Waals surface area contributed by atoms with Gasteiger partial charge in [-0.3, -0.25) is 4.90 Å². The smallest absolute Gasteiger partial charge is 0.235 e. The van der Waals surface area contributed by atoms with Gasteiger partial charge in [-0.25, -0.2) is 0 Å². The molecule has 4 aromatic rings. The summed E-state index contributed by atoms with van der Waals surface area (Å²) in [7, 11) is 0. The SMILES string of the molecule is CCN(CC)Cc1nnc2sc(-c3ccc(-c4ccccc4)cc3)nn12. The lowest BCUT2D eigenvalue weighted by Crippen LogP contribution is -2.23. The summed E-state index contributed by atoms with van der Waals surface area (Å²) in [6.07, 6.45) is 0. The summed E-state index contributed by atoms with van der Waals surface area (Å²) in [5.41, 5.74) is 3.53. The van der Waals surface area contributed by atoms with E-state index >= 15 is 0 Å². The van der Waals surface area contributed by atoms with Crippen LogP contribution in [0.2, 0.25) is 0 Å². The van der Waals surface area contributed by atoms with Gasteiger partial charge in [0.1, 0.15) is 5.01 Å². The fourth-order valence-corrected chi connectivity index (χ4v) is 3.82. The van der Waals surface area contributed by atoms with Crippen LogP contribution in [0.5, 0.6) is 0 Å². The quantitative estimate of drug-likeness (QED) is 0.511. The molecular weight excluding hydrogens is 342 g/mol. The van der Waals surface area contributed by atoms with Gasteiger partial charge in [-0.15, -0.1) is 10.2 Å². The standard InChI is InChI=1S/C20H21N5S/c1-3-24(4-2)14-18-21-22-20-25(18)23-19(26-20)17-12-10-16(11-13-17)15-8-6-5-7-9-15/h5-13H,3-4,14H2,1-2H3. The molecule has 2 heterocycles. The summed E-state index contributed by atoms with van der Waals surface area (Å²) in [6, 6.07) is 18.9. The highest BCUT2D eigenvalue weighted by molar-refractivity contribution is 7.19. The Morgan fingerprint density at radius 3 is 2.19 bits per heavy atom. The molecule has 4 rings (SSSR count). The lowest BCUT2D eigenvalue weighted by Gasteiger charge is -2.15. The van der Waals surface area contributed by atoms with Crippen LogP contribution in [0.1, 0.15) is 19.7 Å². The molecule has 0 saturated carbocycles. The minimum absolute atomic E-state index is 0.768. The van der Waals surface area contributed by atoms with E-state index in [1.165, 1.54) is 11.1 Å². The molecule has 0 N–H and O–H groups in total. The first-order valence-electron chi connectivity index (χ1n) is 8.87. The van der Waals surface area contributed by atoms with Gasteiger partial charge < -0.3 is 0 Å². The average molecular weight is 363 g/mol. The molecule has 5 nitrogen and oxygen atoms in total. The van der Waals surface area contributed by atoms with Gasteiger partial charge in [-0.05, 0) is 24.2 Å². The van der Waals surface area contributed by atoms with Crippen molar-refractivity contribution < 1.29 is 0 Å². The van der Waals surface area contributed by atoms with Crippen LogP contribution in [0.3, 0.4) is 0 Å². The monoisotopic (exact) mass is 363 g/mol. The van der Waals surface area contributed by atoms with Gasteiger partial charge in [0.05, 0.1) is 6.54 Å². The predicted molar refractivity (Wildman–Crippen MR) is 106 cm³/mol. The first-order chi connectivity index (χ1) is 12.8. The Morgan fingerprint density at radius 1 is 0.846 bits per heavy atom. The number of hydrogen-bond acceptors (Lipinski definition) is 5. The van der Waals surface area contributed by atoms with E-state index in [-0.39, 0.29) is 0 Å². The third-order valence-electron chi connectivity index (χ3n) is 4.55. The van der Waals surface area contributed by atoms with Crippen LogP contribution in [0.15, 0.2) is 54.6 Å². The molecule has 0 unspecified atom stereocenters. The second-order valence-corrected chi connectivity index (χ2v) is 7.08. The predicted octanol–water partition coefficient (Wildman–Crippen LogP) is 4.36. The zero-order valence-corrected chi connectivity index (χ0v) is 15.8. The zero-order chi connectivity index (χ0) is 17.9. The van der Waals surface area contributed by atoms with E-state index in [2.05, 4.69) is 77.5 Å². The molecule has 0 fully saturated rings. The van der Waals surface area contributed by atoms with Crippen LogP contribution in [-0.2, 0) is 6.54 Å². The normalized spacial score (nSPS) is 11.5. The molecule has 2 aromatic heterocycles. The number of nitrogens with zero attached hydrogens (tertiary/aromatic N) is 5. The summed E-state index contributed by atoms with van der Waals surface area (Å²) in [5, 5.41) is 14.3. The largest absolute Gasteiger partial charge is 0.296 e. The Labute approximate surface area is 156 Å². The van der Waals surface area contributed by atoms with Crippen molar-refractivity contribution >= 4 is 16.3 Å². The second-order valence-electron chi connectivity index (χ2n) is 6.12. The van der Waals surface area contributed by atoms with E-state index in [1.807, 2.05) is 10.6 Å². The van der Waals surface area contributed by atoms with E-state index in [4.69, 9.17) is 5.10 Å². The highest BCUT2D eigenvalue weighted by Gasteiger charge is 2.14. The van der Waals surface area contributed by atoms with Crippen LogP contribution < -0.4 is 0 Å². The lowest BCUT2D eigenvalue weighted by atomic mass is 10.0. The molecule has 0 saturated heterocycles. The van der Waals surface area contributed by atoms with Crippen LogP contribution in [0.25, 0.3) is 26.7 Å². The molecule has 0 aliphatic heterocycles. The van der Waals surface area contributed by atoms with Crippen molar-refractivity contribution in [3.05, 3.63) is 60.4 Å². The third kappa shape index (κ3) is 3.25. The van der Waals surface area contributed by atoms with Gasteiger partial charge in [0.25, 0.3) is 0 Å². The van der Waals surface area contributed by atoms with Crippen molar-refractivity contribution in [2.45, 2.75) is 20.4 Å². The lowest BCUT2D eigenvalue weighted by molar-refractivity contribution is 0.286. The summed E-state index contributed by atoms with van der Waals surface area (Å²) in [4.78, 5) is 3.15. The number of rotatable bonds is 6. The molecule has 0 atom stereocenters. The van der Waals surface area contributed by atoms with Crippen molar-refractivity contribution in [3.63, 3.8) is 0 Å². The second kappa shape index (κ2) is 7.35. The number of hydrogen-bond donors (Lipinski definition) is 0. The summed E-state index contributed by atoms with van der Waals surface area (Å²) >= 11 is 1.57. The summed E-state index contributed by atoms with van der Waals surface area (Å²) < 4.78 is 1.88. The minimum atomic E-state index is 0.768. The molecule has 0 bridgehead atoms. The van der Waals surface area contributed by atoms with Crippen LogP contribution in [-0.4, -0.2) is 37.8 Å². The van der Waals surface area contributed by atoms with Crippen molar-refractivity contribution in [3.8, 4) is 21.7 Å². The van der Waals surface area contributed by atoms with Crippen molar-refractivity contribution in [2.24, 2.45) is 0 Å². The Hall–Kier alpha value is -2.57. The van der Waals surface area contributed by atoms with E-state index in [0.717, 1.165) is 41.0 Å². The number of fused-ring (bicyclic) bond motifs is 1. The first kappa shape index (κ1) is 16.9. The third-order valence-corrected chi connectivity index (χ3v) is 5.50. The van der Waals surface area contributed by atoms with E-state index in [9.17, 15) is 0 Å². The molecule has 0 aliphatic rings. The van der Waals surface area contributed by atoms with Crippen molar-refractivity contribution in [1.82, 2.24) is 24.7 Å². The van der Waals surface area contributed by atoms with Gasteiger partial charge in [0.2, 0.25) is 4.96 Å². The molecule has 0 radical (unpaired) electrons. The Bertz CT molecular complexity index is 984. The Balaban J connectivity index is 1.62. The maximum atomic E-state index is 4.75. The van der Waals surface area contributed by atoms with Gasteiger partial charge in [0, 0.05) is 5.56 Å². The molecule has 2 aromatic carbocycles. The number of benzene rings is 2. The van der Waals surface area contributed by atoms with Crippen LogP contribution in [0, 0.1) is 0 Å². The molecule has 0 aliphatic carbocycles. The summed E-state index contributed by atoms with van der Waals surface area (Å²) in [6.45, 7) is 7.06. The topological polar surface area (TPSA) is 46.3 Å². The molecular formula is C20H21N5S. The van der Waals surface area contributed by atoms with Gasteiger partial charge >= 0.3 is 0 Å². The van der Waals surface area contributed by atoms with Gasteiger partial charge in [-0.1, -0.05) is 79.8 Å². The van der Waals surface area contributed by atoms with Crippen molar-refractivity contribution in [1.29, 1.82) is 0 Å². The van der Waals surface area contributed by atoms with Gasteiger partial charge in [-0.2, -0.15) is 9.61 Å². The summed E-state index contributed by atoms with van der Waals surface area (Å²) in [5.74, 6) is 0.895. The van der Waals surface area contributed by atoms with Crippen LogP contribution >= 0.6 is 11.3 Å². The average Bonchev–Trinajstić information content (AvgIpc) is 3.28.